The maximum atomic E-state index is 5.80. The van der Waals surface area contributed by atoms with Gasteiger partial charge in [-0.15, -0.1) is 0 Å². The Kier molecular flexibility index (Phi) is 4.18. The Bertz CT molecular complexity index is 558. The summed E-state index contributed by atoms with van der Waals surface area (Å²) in [4.78, 5) is 8.18. The van der Waals surface area contributed by atoms with Crippen molar-refractivity contribution in [2.75, 3.05) is 19.5 Å². The van der Waals surface area contributed by atoms with Crippen molar-refractivity contribution in [3.8, 4) is 22.8 Å². The lowest BCUT2D eigenvalue weighted by Crippen LogP contribution is -2.02. The molecule has 0 aliphatic heterocycles. The van der Waals surface area contributed by atoms with Crippen LogP contribution in [0.2, 0.25) is 0 Å². The van der Waals surface area contributed by atoms with Crippen LogP contribution >= 0.6 is 0 Å². The predicted molar refractivity (Wildman–Crippen MR) is 74.2 cm³/mol. The van der Waals surface area contributed by atoms with Gasteiger partial charge in [-0.05, 0) is 18.6 Å². The van der Waals surface area contributed by atoms with Crippen molar-refractivity contribution in [1.29, 1.82) is 0 Å². The topological polar surface area (TPSA) is 70.3 Å². The van der Waals surface area contributed by atoms with Gasteiger partial charge in [-0.25, -0.2) is 9.97 Å². The van der Waals surface area contributed by atoms with E-state index in [0.717, 1.165) is 17.7 Å². The normalized spacial score (nSPS) is 10.2. The Morgan fingerprint density at radius 1 is 1.21 bits per heavy atom. The molecule has 5 nitrogen and oxygen atoms in total. The molecule has 0 saturated heterocycles. The number of para-hydroxylation sites is 1. The van der Waals surface area contributed by atoms with Crippen molar-refractivity contribution in [2.24, 2.45) is 0 Å². The highest BCUT2D eigenvalue weighted by molar-refractivity contribution is 5.76. The summed E-state index contributed by atoms with van der Waals surface area (Å²) in [7, 11) is 1.55. The van der Waals surface area contributed by atoms with E-state index in [2.05, 4.69) is 16.9 Å². The molecule has 0 aliphatic carbocycles. The smallest absolute Gasteiger partial charge is 0.187 e. The number of rotatable bonds is 5. The van der Waals surface area contributed by atoms with Crippen molar-refractivity contribution in [1.82, 2.24) is 9.97 Å². The molecule has 0 atom stereocenters. The molecule has 0 amide bonds. The molecule has 0 radical (unpaired) electrons. The molecule has 0 aliphatic rings. The predicted octanol–water partition coefficient (Wildman–Crippen LogP) is 2.52. The monoisotopic (exact) mass is 259 g/mol. The standard InChI is InChI=1S/C14H17N3O2/c1-3-8-19-11-7-5-4-6-10(11)12-13(18-2)14(15)17-9-16-12/h4-7,9H,3,8H2,1-2H3,(H2,15,16,17). The number of hydrogen-bond donors (Lipinski definition) is 1. The number of ether oxygens (including phenoxy) is 2. The van der Waals surface area contributed by atoms with Gasteiger partial charge in [0, 0.05) is 5.56 Å². The third-order valence-electron chi connectivity index (χ3n) is 2.64. The Labute approximate surface area is 112 Å². The summed E-state index contributed by atoms with van der Waals surface area (Å²) >= 11 is 0. The molecule has 0 fully saturated rings. The van der Waals surface area contributed by atoms with Gasteiger partial charge in [-0.2, -0.15) is 0 Å². The Hall–Kier alpha value is -2.30. The van der Waals surface area contributed by atoms with Gasteiger partial charge < -0.3 is 15.2 Å². The lowest BCUT2D eigenvalue weighted by molar-refractivity contribution is 0.318. The minimum atomic E-state index is 0.317. The summed E-state index contributed by atoms with van der Waals surface area (Å²) in [5.74, 6) is 1.55. The van der Waals surface area contributed by atoms with Gasteiger partial charge in [-0.3, -0.25) is 0 Å². The maximum Gasteiger partial charge on any atom is 0.187 e. The first kappa shape index (κ1) is 13.1. The molecule has 1 aromatic heterocycles. The van der Waals surface area contributed by atoms with E-state index >= 15 is 0 Å². The SMILES string of the molecule is CCCOc1ccccc1-c1ncnc(N)c1OC. The number of nitrogens with two attached hydrogens (primary N) is 1. The highest BCUT2D eigenvalue weighted by Gasteiger charge is 2.15. The molecule has 1 aromatic carbocycles. The van der Waals surface area contributed by atoms with E-state index in [9.17, 15) is 0 Å². The molecule has 2 aromatic rings. The number of nitrogens with zero attached hydrogens (tertiary/aromatic N) is 2. The van der Waals surface area contributed by atoms with E-state index in [1.807, 2.05) is 24.3 Å². The number of hydrogen-bond acceptors (Lipinski definition) is 5. The molecule has 2 N–H and O–H groups in total. The number of methoxy groups -OCH3 is 1. The molecule has 1 heterocycles. The van der Waals surface area contributed by atoms with E-state index in [-0.39, 0.29) is 0 Å². The van der Waals surface area contributed by atoms with Crippen LogP contribution < -0.4 is 15.2 Å². The minimum absolute atomic E-state index is 0.317. The van der Waals surface area contributed by atoms with Gasteiger partial charge in [-0.1, -0.05) is 19.1 Å². The summed E-state index contributed by atoms with van der Waals surface area (Å²) in [6, 6.07) is 7.68. The first-order valence-corrected chi connectivity index (χ1v) is 6.14. The van der Waals surface area contributed by atoms with E-state index in [0.29, 0.717) is 23.9 Å². The van der Waals surface area contributed by atoms with Crippen LogP contribution in [-0.2, 0) is 0 Å². The van der Waals surface area contributed by atoms with E-state index in [4.69, 9.17) is 15.2 Å². The molecule has 0 spiro atoms. The lowest BCUT2D eigenvalue weighted by atomic mass is 10.1. The van der Waals surface area contributed by atoms with Crippen LogP contribution in [0.4, 0.5) is 5.82 Å². The summed E-state index contributed by atoms with van der Waals surface area (Å²) in [5.41, 5.74) is 7.29. The Balaban J connectivity index is 2.49. The second kappa shape index (κ2) is 6.04. The minimum Gasteiger partial charge on any atom is -0.493 e. The van der Waals surface area contributed by atoms with Crippen LogP contribution in [0.15, 0.2) is 30.6 Å². The van der Waals surface area contributed by atoms with Crippen LogP contribution in [0.5, 0.6) is 11.5 Å². The van der Waals surface area contributed by atoms with Crippen molar-refractivity contribution >= 4 is 5.82 Å². The average Bonchev–Trinajstić information content (AvgIpc) is 2.45. The molecule has 0 bridgehead atoms. The Morgan fingerprint density at radius 3 is 2.74 bits per heavy atom. The van der Waals surface area contributed by atoms with Gasteiger partial charge in [0.15, 0.2) is 11.6 Å². The fraction of sp³-hybridized carbons (Fsp3) is 0.286. The molecule has 0 unspecified atom stereocenters. The van der Waals surface area contributed by atoms with Gasteiger partial charge in [0.25, 0.3) is 0 Å². The molecule has 0 saturated carbocycles. The van der Waals surface area contributed by atoms with E-state index in [1.165, 1.54) is 6.33 Å². The summed E-state index contributed by atoms with van der Waals surface area (Å²) in [6.07, 6.45) is 2.36. The number of benzene rings is 1. The second-order valence-electron chi connectivity index (χ2n) is 3.99. The lowest BCUT2D eigenvalue weighted by Gasteiger charge is -2.13. The zero-order valence-corrected chi connectivity index (χ0v) is 11.1. The van der Waals surface area contributed by atoms with Crippen molar-refractivity contribution < 1.29 is 9.47 Å². The summed E-state index contributed by atoms with van der Waals surface area (Å²) < 4.78 is 11.0. The molecular formula is C14H17N3O2. The zero-order chi connectivity index (χ0) is 13.7. The number of nitrogen functional groups attached to an aromatic ring is 1. The highest BCUT2D eigenvalue weighted by atomic mass is 16.5. The summed E-state index contributed by atoms with van der Waals surface area (Å²) in [6.45, 7) is 2.71. The van der Waals surface area contributed by atoms with Crippen LogP contribution in [0.3, 0.4) is 0 Å². The maximum absolute atomic E-state index is 5.80. The first-order valence-electron chi connectivity index (χ1n) is 6.14. The van der Waals surface area contributed by atoms with Crippen LogP contribution in [0.25, 0.3) is 11.3 Å². The number of anilines is 1. The van der Waals surface area contributed by atoms with Crippen molar-refractivity contribution in [2.45, 2.75) is 13.3 Å². The molecule has 2 rings (SSSR count). The van der Waals surface area contributed by atoms with Crippen LogP contribution in [-0.4, -0.2) is 23.7 Å². The van der Waals surface area contributed by atoms with Gasteiger partial charge in [0.1, 0.15) is 17.8 Å². The summed E-state index contributed by atoms with van der Waals surface area (Å²) in [5, 5.41) is 0. The third kappa shape index (κ3) is 2.76. The zero-order valence-electron chi connectivity index (χ0n) is 11.1. The molecule has 100 valence electrons. The van der Waals surface area contributed by atoms with Crippen LogP contribution in [0, 0.1) is 0 Å². The first-order chi connectivity index (χ1) is 9.27. The van der Waals surface area contributed by atoms with Crippen molar-refractivity contribution in [3.05, 3.63) is 30.6 Å². The fourth-order valence-electron chi connectivity index (χ4n) is 1.78. The largest absolute Gasteiger partial charge is 0.493 e. The second-order valence-corrected chi connectivity index (χ2v) is 3.99. The van der Waals surface area contributed by atoms with E-state index < -0.39 is 0 Å². The molecule has 19 heavy (non-hydrogen) atoms. The highest BCUT2D eigenvalue weighted by Crippen LogP contribution is 2.36. The van der Waals surface area contributed by atoms with Crippen molar-refractivity contribution in [3.63, 3.8) is 0 Å². The van der Waals surface area contributed by atoms with Gasteiger partial charge in [0.05, 0.1) is 13.7 Å². The van der Waals surface area contributed by atoms with Gasteiger partial charge >= 0.3 is 0 Å². The fourth-order valence-corrected chi connectivity index (χ4v) is 1.78. The number of aromatic nitrogens is 2. The third-order valence-corrected chi connectivity index (χ3v) is 2.64. The van der Waals surface area contributed by atoms with Gasteiger partial charge in [0.2, 0.25) is 0 Å². The van der Waals surface area contributed by atoms with E-state index in [1.54, 1.807) is 7.11 Å². The Morgan fingerprint density at radius 2 is 2.00 bits per heavy atom. The molecule has 5 heteroatoms. The quantitative estimate of drug-likeness (QED) is 0.893. The van der Waals surface area contributed by atoms with Crippen LogP contribution in [0.1, 0.15) is 13.3 Å². The molecular weight excluding hydrogens is 242 g/mol. The average molecular weight is 259 g/mol.